The molecule has 4 aliphatic rings. The van der Waals surface area contributed by atoms with Gasteiger partial charge in [0.2, 0.25) is 0 Å². The van der Waals surface area contributed by atoms with Gasteiger partial charge >= 0.3 is 0 Å². The molecule has 6 atom stereocenters. The van der Waals surface area contributed by atoms with E-state index in [2.05, 4.69) is 13.8 Å². The Labute approximate surface area is 134 Å². The van der Waals surface area contributed by atoms with E-state index in [1.807, 2.05) is 6.08 Å². The first kappa shape index (κ1) is 14.9. The summed E-state index contributed by atoms with van der Waals surface area (Å²) in [5.74, 6) is 2.55. The molecule has 1 N–H and O–H groups in total. The molecule has 0 radical (unpaired) electrons. The fourth-order valence-electron chi connectivity index (χ4n) is 6.73. The smallest absolute Gasteiger partial charge is 0.155 e. The summed E-state index contributed by atoms with van der Waals surface area (Å²) in [6.45, 7) is 4.79. The third kappa shape index (κ3) is 1.92. The van der Waals surface area contributed by atoms with Gasteiger partial charge in [0.15, 0.2) is 5.78 Å². The molecule has 3 saturated carbocycles. The Morgan fingerprint density at radius 3 is 2.68 bits per heavy atom. The monoisotopic (exact) mass is 302 g/mol. The van der Waals surface area contributed by atoms with Crippen molar-refractivity contribution < 1.29 is 9.90 Å². The van der Waals surface area contributed by atoms with Crippen molar-refractivity contribution in [3.8, 4) is 0 Å². The molecule has 2 nitrogen and oxygen atoms in total. The Morgan fingerprint density at radius 1 is 1.05 bits per heavy atom. The lowest BCUT2D eigenvalue weighted by molar-refractivity contribution is -0.133. The van der Waals surface area contributed by atoms with Crippen LogP contribution in [0, 0.1) is 28.6 Å². The van der Waals surface area contributed by atoms with Crippen LogP contribution in [0.15, 0.2) is 11.6 Å². The molecule has 0 bridgehead atoms. The maximum atomic E-state index is 11.8. The van der Waals surface area contributed by atoms with Crippen LogP contribution in [-0.4, -0.2) is 17.0 Å². The first-order valence-corrected chi connectivity index (χ1v) is 9.37. The van der Waals surface area contributed by atoms with Crippen LogP contribution in [0.5, 0.6) is 0 Å². The molecule has 0 aliphatic heterocycles. The van der Waals surface area contributed by atoms with Crippen LogP contribution >= 0.6 is 0 Å². The molecule has 6 unspecified atom stereocenters. The minimum absolute atomic E-state index is 0.0927. The van der Waals surface area contributed by atoms with Crippen LogP contribution in [0.25, 0.3) is 0 Å². The van der Waals surface area contributed by atoms with Gasteiger partial charge in [0.1, 0.15) is 0 Å². The summed E-state index contributed by atoms with van der Waals surface area (Å²) in [6, 6.07) is 0. The largest absolute Gasteiger partial charge is 0.393 e. The zero-order valence-electron chi connectivity index (χ0n) is 14.1. The quantitative estimate of drug-likeness (QED) is 0.725. The lowest BCUT2D eigenvalue weighted by atomic mass is 9.44. The third-order valence-electron chi connectivity index (χ3n) is 8.15. The normalized spacial score (nSPS) is 51.4. The highest BCUT2D eigenvalue weighted by molar-refractivity contribution is 5.91. The number of aliphatic hydroxyl groups is 1. The topological polar surface area (TPSA) is 37.3 Å². The standard InChI is InChI=1S/C20H30O2/c1-19-10-8-14(21)12-13(19)6-7-15-16-4-3-5-18(22)20(16,2)11-9-17(15)19/h12,15-18,22H,3-11H2,1-2H3. The van der Waals surface area contributed by atoms with Crippen LogP contribution in [0.3, 0.4) is 0 Å². The van der Waals surface area contributed by atoms with Gasteiger partial charge in [0.05, 0.1) is 6.10 Å². The molecule has 2 heteroatoms. The second-order valence-corrected chi connectivity index (χ2v) is 8.96. The number of hydrogen-bond donors (Lipinski definition) is 1. The summed E-state index contributed by atoms with van der Waals surface area (Å²) in [6.07, 6.45) is 12.0. The third-order valence-corrected chi connectivity index (χ3v) is 8.15. The second kappa shape index (κ2) is 4.93. The number of ketones is 1. The van der Waals surface area contributed by atoms with Gasteiger partial charge in [-0.2, -0.15) is 0 Å². The minimum atomic E-state index is -0.0927. The van der Waals surface area contributed by atoms with Crippen molar-refractivity contribution in [3.05, 3.63) is 11.6 Å². The molecular weight excluding hydrogens is 272 g/mol. The zero-order chi connectivity index (χ0) is 15.5. The van der Waals surface area contributed by atoms with Gasteiger partial charge in [-0.05, 0) is 79.6 Å². The molecule has 0 spiro atoms. The highest BCUT2D eigenvalue weighted by Gasteiger charge is 2.57. The Bertz CT molecular complexity index is 522. The van der Waals surface area contributed by atoms with Crippen LogP contribution in [0.2, 0.25) is 0 Å². The van der Waals surface area contributed by atoms with E-state index in [0.29, 0.717) is 11.7 Å². The van der Waals surface area contributed by atoms with Gasteiger partial charge in [0.25, 0.3) is 0 Å². The lowest BCUT2D eigenvalue weighted by Crippen LogP contribution is -2.55. The van der Waals surface area contributed by atoms with Crippen molar-refractivity contribution in [2.24, 2.45) is 28.6 Å². The fraction of sp³-hybridized carbons (Fsp3) is 0.850. The zero-order valence-corrected chi connectivity index (χ0v) is 14.1. The van der Waals surface area contributed by atoms with E-state index in [9.17, 15) is 9.90 Å². The second-order valence-electron chi connectivity index (χ2n) is 8.96. The van der Waals surface area contributed by atoms with E-state index in [1.54, 1.807) is 0 Å². The summed E-state index contributed by atoms with van der Waals surface area (Å²) < 4.78 is 0. The van der Waals surface area contributed by atoms with E-state index in [4.69, 9.17) is 0 Å². The van der Waals surface area contributed by atoms with E-state index in [1.165, 1.54) is 37.7 Å². The predicted octanol–water partition coefficient (Wildman–Crippen LogP) is 4.27. The molecular formula is C20H30O2. The maximum absolute atomic E-state index is 11.8. The molecule has 3 fully saturated rings. The summed E-state index contributed by atoms with van der Waals surface area (Å²) in [5.41, 5.74) is 1.87. The molecule has 0 aromatic carbocycles. The van der Waals surface area contributed by atoms with Crippen molar-refractivity contribution in [2.45, 2.75) is 77.7 Å². The first-order chi connectivity index (χ1) is 10.4. The molecule has 4 rings (SSSR count). The molecule has 0 amide bonds. The Kier molecular flexibility index (Phi) is 3.35. The van der Waals surface area contributed by atoms with Crippen molar-refractivity contribution in [1.82, 2.24) is 0 Å². The lowest BCUT2D eigenvalue weighted by Gasteiger charge is -2.61. The van der Waals surface area contributed by atoms with Crippen molar-refractivity contribution in [1.29, 1.82) is 0 Å². The van der Waals surface area contributed by atoms with Crippen LogP contribution in [0.4, 0.5) is 0 Å². The molecule has 22 heavy (non-hydrogen) atoms. The Balaban J connectivity index is 1.68. The van der Waals surface area contributed by atoms with Crippen molar-refractivity contribution in [3.63, 3.8) is 0 Å². The van der Waals surface area contributed by atoms with Crippen LogP contribution in [-0.2, 0) is 4.79 Å². The van der Waals surface area contributed by atoms with E-state index in [0.717, 1.165) is 37.5 Å². The summed E-state index contributed by atoms with van der Waals surface area (Å²) in [7, 11) is 0. The average Bonchev–Trinajstić information content (AvgIpc) is 2.49. The molecule has 122 valence electrons. The summed E-state index contributed by atoms with van der Waals surface area (Å²) >= 11 is 0. The maximum Gasteiger partial charge on any atom is 0.155 e. The highest BCUT2D eigenvalue weighted by Crippen LogP contribution is 2.64. The fourth-order valence-corrected chi connectivity index (χ4v) is 6.73. The van der Waals surface area contributed by atoms with E-state index in [-0.39, 0.29) is 16.9 Å². The van der Waals surface area contributed by atoms with E-state index >= 15 is 0 Å². The van der Waals surface area contributed by atoms with Gasteiger partial charge < -0.3 is 5.11 Å². The number of allylic oxidation sites excluding steroid dienone is 2. The SMILES string of the molecule is CC12CCC(=O)C=C1CCC1C2CCC2(C)C(O)CCCC12. The minimum Gasteiger partial charge on any atom is -0.393 e. The Morgan fingerprint density at radius 2 is 1.86 bits per heavy atom. The summed E-state index contributed by atoms with van der Waals surface area (Å²) in [5, 5.41) is 10.6. The number of carbonyl (C=O) groups excluding carboxylic acids is 1. The summed E-state index contributed by atoms with van der Waals surface area (Å²) in [4.78, 5) is 11.8. The van der Waals surface area contributed by atoms with Crippen LogP contribution < -0.4 is 0 Å². The molecule has 0 heterocycles. The van der Waals surface area contributed by atoms with Gasteiger partial charge in [-0.25, -0.2) is 0 Å². The van der Waals surface area contributed by atoms with Crippen molar-refractivity contribution in [2.75, 3.05) is 0 Å². The Hall–Kier alpha value is -0.630. The van der Waals surface area contributed by atoms with E-state index < -0.39 is 0 Å². The highest BCUT2D eigenvalue weighted by atomic mass is 16.3. The molecule has 0 aromatic rings. The number of hydrogen-bond acceptors (Lipinski definition) is 2. The van der Waals surface area contributed by atoms with Gasteiger partial charge in [-0.1, -0.05) is 25.8 Å². The van der Waals surface area contributed by atoms with Gasteiger partial charge in [-0.3, -0.25) is 4.79 Å². The van der Waals surface area contributed by atoms with Crippen LogP contribution in [0.1, 0.15) is 71.6 Å². The number of aliphatic hydroxyl groups excluding tert-OH is 1. The van der Waals surface area contributed by atoms with Gasteiger partial charge in [-0.15, -0.1) is 0 Å². The number of fused-ring (bicyclic) bond motifs is 5. The average molecular weight is 302 g/mol. The molecule has 0 aromatic heterocycles. The number of rotatable bonds is 0. The van der Waals surface area contributed by atoms with Gasteiger partial charge in [0, 0.05) is 6.42 Å². The number of carbonyl (C=O) groups is 1. The van der Waals surface area contributed by atoms with Crippen molar-refractivity contribution >= 4 is 5.78 Å². The first-order valence-electron chi connectivity index (χ1n) is 9.37. The predicted molar refractivity (Wildman–Crippen MR) is 87.3 cm³/mol. The molecule has 0 saturated heterocycles. The molecule has 4 aliphatic carbocycles.